The summed E-state index contributed by atoms with van der Waals surface area (Å²) in [7, 11) is 1.23. The molecule has 35 heavy (non-hydrogen) atoms. The molecule has 0 bridgehead atoms. The summed E-state index contributed by atoms with van der Waals surface area (Å²) in [6.07, 6.45) is -2.19. The van der Waals surface area contributed by atoms with Crippen LogP contribution >= 0.6 is 15.9 Å². The molecule has 0 spiro atoms. The Morgan fingerprint density at radius 1 is 1.20 bits per heavy atom. The second-order valence-electron chi connectivity index (χ2n) is 9.29. The summed E-state index contributed by atoms with van der Waals surface area (Å²) in [4.78, 5) is 39.8. The van der Waals surface area contributed by atoms with Gasteiger partial charge < -0.3 is 33.9 Å². The van der Waals surface area contributed by atoms with E-state index in [4.69, 9.17) is 28.8 Å². The number of carbonyl (C=O) groups excluding carboxylic acids is 3. The van der Waals surface area contributed by atoms with E-state index >= 15 is 0 Å². The lowest BCUT2D eigenvalue weighted by atomic mass is 9.88. The molecule has 0 aliphatic carbocycles. The molecule has 0 aromatic rings. The van der Waals surface area contributed by atoms with Crippen molar-refractivity contribution >= 4 is 33.7 Å². The van der Waals surface area contributed by atoms with E-state index in [9.17, 15) is 19.5 Å². The fourth-order valence-electron chi connectivity index (χ4n) is 4.41. The molecule has 2 rings (SSSR count). The maximum absolute atomic E-state index is 13.4. The van der Waals surface area contributed by atoms with E-state index in [1.54, 1.807) is 13.8 Å². The van der Waals surface area contributed by atoms with Crippen LogP contribution in [-0.4, -0.2) is 103 Å². The second kappa shape index (κ2) is 12.7. The molecular formula is C23H36BrNO10. The third-order valence-electron chi connectivity index (χ3n) is 5.84. The van der Waals surface area contributed by atoms with Gasteiger partial charge in [-0.2, -0.15) is 0 Å². The SMILES string of the molecule is CO[C@@H](C(=O)N1C(=O)OC(C)(C)[C@H]1C(C)C)[C@H]1O[C@@](O)(CCCOCCOCCO)C(Br)=CC1=O. The van der Waals surface area contributed by atoms with Gasteiger partial charge in [0.25, 0.3) is 5.91 Å². The minimum atomic E-state index is -1.89. The van der Waals surface area contributed by atoms with Gasteiger partial charge in [0, 0.05) is 20.1 Å². The maximum Gasteiger partial charge on any atom is 0.417 e. The zero-order valence-electron chi connectivity index (χ0n) is 20.8. The molecule has 0 radical (unpaired) electrons. The monoisotopic (exact) mass is 565 g/mol. The normalized spacial score (nSPS) is 27.2. The summed E-state index contributed by atoms with van der Waals surface area (Å²) in [6.45, 7) is 8.24. The highest BCUT2D eigenvalue weighted by molar-refractivity contribution is 9.11. The van der Waals surface area contributed by atoms with Crippen molar-refractivity contribution in [2.75, 3.05) is 40.1 Å². The number of carbonyl (C=O) groups is 3. The average molecular weight is 566 g/mol. The van der Waals surface area contributed by atoms with E-state index in [0.29, 0.717) is 19.6 Å². The maximum atomic E-state index is 13.4. The summed E-state index contributed by atoms with van der Waals surface area (Å²) >= 11 is 3.19. The Labute approximate surface area is 213 Å². The number of imide groups is 1. The van der Waals surface area contributed by atoms with Crippen LogP contribution in [0.1, 0.15) is 40.5 Å². The van der Waals surface area contributed by atoms with Crippen molar-refractivity contribution in [3.8, 4) is 0 Å². The van der Waals surface area contributed by atoms with Crippen LogP contribution in [0, 0.1) is 5.92 Å². The topological polar surface area (TPSA) is 141 Å². The van der Waals surface area contributed by atoms with Crippen molar-refractivity contribution < 1.29 is 48.3 Å². The largest absolute Gasteiger partial charge is 0.441 e. The predicted octanol–water partition coefficient (Wildman–Crippen LogP) is 1.52. The molecule has 0 aromatic carbocycles. The third kappa shape index (κ3) is 7.09. The quantitative estimate of drug-likeness (QED) is 0.315. The summed E-state index contributed by atoms with van der Waals surface area (Å²) in [5, 5.41) is 19.8. The number of nitrogens with zero attached hydrogens (tertiary/aromatic N) is 1. The van der Waals surface area contributed by atoms with Gasteiger partial charge in [0.05, 0.1) is 37.0 Å². The first kappa shape index (κ1) is 29.8. The van der Waals surface area contributed by atoms with E-state index < -0.39 is 47.4 Å². The van der Waals surface area contributed by atoms with Gasteiger partial charge in [-0.15, -0.1) is 0 Å². The third-order valence-corrected chi connectivity index (χ3v) is 6.68. The van der Waals surface area contributed by atoms with Crippen LogP contribution in [0.4, 0.5) is 4.79 Å². The van der Waals surface area contributed by atoms with E-state index in [1.807, 2.05) is 13.8 Å². The fraction of sp³-hybridized carbons (Fsp3) is 0.783. The van der Waals surface area contributed by atoms with Crippen LogP contribution < -0.4 is 0 Å². The molecule has 0 aromatic heterocycles. The van der Waals surface area contributed by atoms with Crippen LogP contribution in [0.2, 0.25) is 0 Å². The number of cyclic esters (lactones) is 1. The van der Waals surface area contributed by atoms with Crippen molar-refractivity contribution in [2.45, 2.75) is 70.2 Å². The van der Waals surface area contributed by atoms with Crippen molar-refractivity contribution in [3.05, 3.63) is 10.6 Å². The van der Waals surface area contributed by atoms with Gasteiger partial charge in [0.1, 0.15) is 5.60 Å². The van der Waals surface area contributed by atoms with E-state index in [-0.39, 0.29) is 36.6 Å². The van der Waals surface area contributed by atoms with Crippen LogP contribution in [0.15, 0.2) is 10.6 Å². The minimum absolute atomic E-state index is 0.0589. The fourth-order valence-corrected chi connectivity index (χ4v) is 4.93. The Morgan fingerprint density at radius 3 is 2.40 bits per heavy atom. The number of rotatable bonds is 13. The Bertz CT molecular complexity index is 801. The van der Waals surface area contributed by atoms with E-state index in [0.717, 1.165) is 11.0 Å². The second-order valence-corrected chi connectivity index (χ2v) is 10.1. The molecule has 1 fully saturated rings. The number of aliphatic hydroxyl groups excluding tert-OH is 1. The number of aliphatic hydroxyl groups is 2. The molecular weight excluding hydrogens is 530 g/mol. The van der Waals surface area contributed by atoms with E-state index in [2.05, 4.69) is 15.9 Å². The average Bonchev–Trinajstić information content (AvgIpc) is 3.02. The Balaban J connectivity index is 2.10. The standard InChI is InChI=1S/C23H36BrNO10/c1-14(2)19-22(3,4)35-21(29)25(19)20(28)18(31-5)17-15(27)13-16(24)23(30,34-17)7-6-9-32-11-12-33-10-8-26/h13-14,17-19,26,30H,6-12H2,1-5H3/t17-,18+,19+,23-/m0/s1. The molecule has 2 heterocycles. The molecule has 0 saturated carbocycles. The number of hydrogen-bond acceptors (Lipinski definition) is 10. The number of amides is 2. The van der Waals surface area contributed by atoms with Crippen molar-refractivity contribution in [1.29, 1.82) is 0 Å². The van der Waals surface area contributed by atoms with Gasteiger partial charge in [0.2, 0.25) is 0 Å². The number of methoxy groups -OCH3 is 1. The molecule has 2 aliphatic rings. The molecule has 2 aliphatic heterocycles. The number of hydrogen-bond donors (Lipinski definition) is 2. The van der Waals surface area contributed by atoms with Gasteiger partial charge in [-0.3, -0.25) is 9.59 Å². The number of halogens is 1. The van der Waals surface area contributed by atoms with Crippen LogP contribution in [0.5, 0.6) is 0 Å². The highest BCUT2D eigenvalue weighted by Gasteiger charge is 2.55. The number of ether oxygens (including phenoxy) is 5. The van der Waals surface area contributed by atoms with Gasteiger partial charge in [-0.25, -0.2) is 9.69 Å². The Hall–Kier alpha value is -1.41. The molecule has 0 unspecified atom stereocenters. The first-order chi connectivity index (χ1) is 16.4. The zero-order valence-corrected chi connectivity index (χ0v) is 22.4. The summed E-state index contributed by atoms with van der Waals surface area (Å²) < 4.78 is 27.1. The molecule has 4 atom stereocenters. The molecule has 1 saturated heterocycles. The lowest BCUT2D eigenvalue weighted by molar-refractivity contribution is -0.227. The van der Waals surface area contributed by atoms with Crippen molar-refractivity contribution in [2.24, 2.45) is 5.92 Å². The first-order valence-electron chi connectivity index (χ1n) is 11.6. The van der Waals surface area contributed by atoms with Crippen molar-refractivity contribution in [3.63, 3.8) is 0 Å². The molecule has 2 amide bonds. The van der Waals surface area contributed by atoms with Crippen LogP contribution in [-0.2, 0) is 33.3 Å². The first-order valence-corrected chi connectivity index (χ1v) is 12.4. The van der Waals surface area contributed by atoms with Gasteiger partial charge >= 0.3 is 6.09 Å². The van der Waals surface area contributed by atoms with Crippen molar-refractivity contribution in [1.82, 2.24) is 4.90 Å². The van der Waals surface area contributed by atoms with Gasteiger partial charge in [-0.1, -0.05) is 13.8 Å². The molecule has 11 nitrogen and oxygen atoms in total. The van der Waals surface area contributed by atoms with Crippen LogP contribution in [0.3, 0.4) is 0 Å². The highest BCUT2D eigenvalue weighted by Crippen LogP contribution is 2.38. The number of ketones is 1. The summed E-state index contributed by atoms with van der Waals surface area (Å²) in [5.74, 6) is -3.39. The smallest absolute Gasteiger partial charge is 0.417 e. The van der Waals surface area contributed by atoms with E-state index in [1.165, 1.54) is 7.11 Å². The van der Waals surface area contributed by atoms with Crippen LogP contribution in [0.25, 0.3) is 0 Å². The lowest BCUT2D eigenvalue weighted by Crippen LogP contribution is -2.58. The molecule has 12 heteroatoms. The van der Waals surface area contributed by atoms with Gasteiger partial charge in [-0.05, 0) is 48.2 Å². The molecule has 2 N–H and O–H groups in total. The predicted molar refractivity (Wildman–Crippen MR) is 127 cm³/mol. The zero-order chi connectivity index (χ0) is 26.4. The molecule has 200 valence electrons. The Morgan fingerprint density at radius 2 is 1.83 bits per heavy atom. The minimum Gasteiger partial charge on any atom is -0.441 e. The Kier molecular flexibility index (Phi) is 10.8. The summed E-state index contributed by atoms with van der Waals surface area (Å²) in [5.41, 5.74) is -0.927. The highest BCUT2D eigenvalue weighted by atomic mass is 79.9. The summed E-state index contributed by atoms with van der Waals surface area (Å²) in [6, 6.07) is -0.585. The lowest BCUT2D eigenvalue weighted by Gasteiger charge is -2.38. The van der Waals surface area contributed by atoms with Gasteiger partial charge in [0.15, 0.2) is 23.8 Å².